The lowest BCUT2D eigenvalue weighted by atomic mass is 9.99. The van der Waals surface area contributed by atoms with E-state index >= 15 is 0 Å². The molecule has 0 saturated carbocycles. The first-order valence-corrected chi connectivity index (χ1v) is 5.89. The van der Waals surface area contributed by atoms with Gasteiger partial charge >= 0.3 is 5.97 Å². The molecule has 1 unspecified atom stereocenters. The van der Waals surface area contributed by atoms with Crippen molar-refractivity contribution in [1.82, 2.24) is 0 Å². The SMILES string of the molecule is O=C1OC(C2CCOCC2)Oc2ccccc21. The molecule has 2 aliphatic rings. The molecule has 0 amide bonds. The van der Waals surface area contributed by atoms with Gasteiger partial charge in [0.15, 0.2) is 0 Å². The Morgan fingerprint density at radius 1 is 1.06 bits per heavy atom. The van der Waals surface area contributed by atoms with Gasteiger partial charge in [0.05, 0.1) is 0 Å². The summed E-state index contributed by atoms with van der Waals surface area (Å²) in [6, 6.07) is 7.19. The summed E-state index contributed by atoms with van der Waals surface area (Å²) in [5.74, 6) is 0.574. The summed E-state index contributed by atoms with van der Waals surface area (Å²) in [6.45, 7) is 1.42. The minimum Gasteiger partial charge on any atom is -0.454 e. The van der Waals surface area contributed by atoms with Gasteiger partial charge < -0.3 is 14.2 Å². The number of hydrogen-bond acceptors (Lipinski definition) is 4. The maximum atomic E-state index is 11.8. The van der Waals surface area contributed by atoms with Crippen molar-refractivity contribution in [3.63, 3.8) is 0 Å². The third-order valence-electron chi connectivity index (χ3n) is 3.22. The second kappa shape index (κ2) is 4.37. The van der Waals surface area contributed by atoms with E-state index in [0.29, 0.717) is 24.5 Å². The number of hydrogen-bond donors (Lipinski definition) is 0. The van der Waals surface area contributed by atoms with Crippen LogP contribution in [-0.2, 0) is 9.47 Å². The molecule has 0 radical (unpaired) electrons. The molecule has 0 bridgehead atoms. The zero-order valence-corrected chi connectivity index (χ0v) is 9.43. The molecule has 1 fully saturated rings. The Morgan fingerprint density at radius 3 is 2.65 bits per heavy atom. The normalized spacial score (nSPS) is 24.7. The molecule has 0 spiro atoms. The van der Waals surface area contributed by atoms with E-state index in [2.05, 4.69) is 0 Å². The lowest BCUT2D eigenvalue weighted by Gasteiger charge is -2.33. The van der Waals surface area contributed by atoms with Crippen LogP contribution in [0.1, 0.15) is 23.2 Å². The summed E-state index contributed by atoms with van der Waals surface area (Å²) >= 11 is 0. The lowest BCUT2D eigenvalue weighted by molar-refractivity contribution is -0.113. The van der Waals surface area contributed by atoms with E-state index in [0.717, 1.165) is 12.8 Å². The van der Waals surface area contributed by atoms with Crippen molar-refractivity contribution < 1.29 is 19.0 Å². The van der Waals surface area contributed by atoms with E-state index in [1.54, 1.807) is 12.1 Å². The van der Waals surface area contributed by atoms with Crippen LogP contribution in [0.25, 0.3) is 0 Å². The second-order valence-electron chi connectivity index (χ2n) is 4.34. The number of esters is 1. The highest BCUT2D eigenvalue weighted by Gasteiger charge is 2.34. The van der Waals surface area contributed by atoms with E-state index < -0.39 is 6.29 Å². The summed E-state index contributed by atoms with van der Waals surface area (Å²) in [5, 5.41) is 0. The van der Waals surface area contributed by atoms with E-state index in [4.69, 9.17) is 14.2 Å². The number of cyclic esters (lactones) is 1. The van der Waals surface area contributed by atoms with Crippen molar-refractivity contribution in [1.29, 1.82) is 0 Å². The molecular formula is C13H14O4. The molecule has 0 N–H and O–H groups in total. The quantitative estimate of drug-likeness (QED) is 0.697. The highest BCUT2D eigenvalue weighted by atomic mass is 16.7. The number of fused-ring (bicyclic) bond motifs is 1. The van der Waals surface area contributed by atoms with E-state index in [1.807, 2.05) is 12.1 Å². The Bertz CT molecular complexity index is 423. The van der Waals surface area contributed by atoms with Gasteiger partial charge in [0.2, 0.25) is 6.29 Å². The molecule has 17 heavy (non-hydrogen) atoms. The Hall–Kier alpha value is -1.55. The second-order valence-corrected chi connectivity index (χ2v) is 4.34. The highest BCUT2D eigenvalue weighted by Crippen LogP contribution is 2.31. The Kier molecular flexibility index (Phi) is 2.73. The third-order valence-corrected chi connectivity index (χ3v) is 3.22. The standard InChI is InChI=1S/C13H14O4/c14-12-10-3-1-2-4-11(10)16-13(17-12)9-5-7-15-8-6-9/h1-4,9,13H,5-8H2. The van der Waals surface area contributed by atoms with Crippen LogP contribution < -0.4 is 4.74 Å². The van der Waals surface area contributed by atoms with Crippen LogP contribution in [0, 0.1) is 5.92 Å². The molecule has 0 aliphatic carbocycles. The highest BCUT2D eigenvalue weighted by molar-refractivity contribution is 5.93. The molecule has 1 aromatic rings. The van der Waals surface area contributed by atoms with Gasteiger partial charge in [-0.1, -0.05) is 12.1 Å². The van der Waals surface area contributed by atoms with Crippen LogP contribution in [0.4, 0.5) is 0 Å². The maximum absolute atomic E-state index is 11.8. The molecule has 1 saturated heterocycles. The largest absolute Gasteiger partial charge is 0.454 e. The van der Waals surface area contributed by atoms with Crippen LogP contribution in [0.2, 0.25) is 0 Å². The Morgan fingerprint density at radius 2 is 1.82 bits per heavy atom. The molecule has 4 heteroatoms. The number of rotatable bonds is 1. The monoisotopic (exact) mass is 234 g/mol. The van der Waals surface area contributed by atoms with E-state index in [1.165, 1.54) is 0 Å². The maximum Gasteiger partial charge on any atom is 0.345 e. The van der Waals surface area contributed by atoms with Gasteiger partial charge in [-0.05, 0) is 25.0 Å². The van der Waals surface area contributed by atoms with Crippen LogP contribution in [0.15, 0.2) is 24.3 Å². The van der Waals surface area contributed by atoms with Crippen LogP contribution in [-0.4, -0.2) is 25.5 Å². The summed E-state index contributed by atoms with van der Waals surface area (Å²) < 4.78 is 16.4. The van der Waals surface area contributed by atoms with Crippen molar-refractivity contribution in [3.05, 3.63) is 29.8 Å². The van der Waals surface area contributed by atoms with E-state index in [-0.39, 0.29) is 11.9 Å². The molecule has 4 nitrogen and oxygen atoms in total. The first-order chi connectivity index (χ1) is 8.34. The van der Waals surface area contributed by atoms with Crippen molar-refractivity contribution in [2.45, 2.75) is 19.1 Å². The zero-order chi connectivity index (χ0) is 11.7. The minimum absolute atomic E-state index is 0.237. The first-order valence-electron chi connectivity index (χ1n) is 5.89. The van der Waals surface area contributed by atoms with Gasteiger partial charge in [-0.3, -0.25) is 0 Å². The summed E-state index contributed by atoms with van der Waals surface area (Å²) in [6.07, 6.45) is 1.29. The van der Waals surface area contributed by atoms with Gasteiger partial charge in [-0.2, -0.15) is 0 Å². The van der Waals surface area contributed by atoms with Gasteiger partial charge in [0.1, 0.15) is 11.3 Å². The molecule has 2 aliphatic heterocycles. The Balaban J connectivity index is 1.80. The smallest absolute Gasteiger partial charge is 0.345 e. The molecule has 1 aromatic carbocycles. The van der Waals surface area contributed by atoms with Crippen molar-refractivity contribution in [3.8, 4) is 5.75 Å². The summed E-state index contributed by atoms with van der Waals surface area (Å²) in [4.78, 5) is 11.8. The summed E-state index contributed by atoms with van der Waals surface area (Å²) in [7, 11) is 0. The minimum atomic E-state index is -0.457. The number of benzene rings is 1. The number of carbonyl (C=O) groups excluding carboxylic acids is 1. The van der Waals surface area contributed by atoms with Crippen LogP contribution >= 0.6 is 0 Å². The van der Waals surface area contributed by atoms with Crippen LogP contribution in [0.5, 0.6) is 5.75 Å². The first kappa shape index (κ1) is 10.6. The fourth-order valence-corrected chi connectivity index (χ4v) is 2.24. The predicted octanol–water partition coefficient (Wildman–Crippen LogP) is 1.99. The van der Waals surface area contributed by atoms with Gasteiger partial charge in [-0.25, -0.2) is 4.79 Å². The number of ether oxygens (including phenoxy) is 3. The zero-order valence-electron chi connectivity index (χ0n) is 9.43. The molecule has 0 aromatic heterocycles. The fraction of sp³-hybridized carbons (Fsp3) is 0.462. The van der Waals surface area contributed by atoms with Crippen molar-refractivity contribution in [2.24, 2.45) is 5.92 Å². The predicted molar refractivity (Wildman–Crippen MR) is 59.8 cm³/mol. The average Bonchev–Trinajstić information content (AvgIpc) is 2.40. The fourth-order valence-electron chi connectivity index (χ4n) is 2.24. The molecular weight excluding hydrogens is 220 g/mol. The van der Waals surface area contributed by atoms with E-state index in [9.17, 15) is 4.79 Å². The van der Waals surface area contributed by atoms with Gasteiger partial charge in [0, 0.05) is 19.1 Å². The van der Waals surface area contributed by atoms with Crippen molar-refractivity contribution in [2.75, 3.05) is 13.2 Å². The lowest BCUT2D eigenvalue weighted by Crippen LogP contribution is -2.38. The molecule has 2 heterocycles. The molecule has 1 atom stereocenters. The molecule has 90 valence electrons. The average molecular weight is 234 g/mol. The Labute approximate surface area is 99.5 Å². The van der Waals surface area contributed by atoms with Gasteiger partial charge in [-0.15, -0.1) is 0 Å². The summed E-state index contributed by atoms with van der Waals surface area (Å²) in [5.41, 5.74) is 0.510. The molecule has 3 rings (SSSR count). The third kappa shape index (κ3) is 2.00. The number of para-hydroxylation sites is 1. The van der Waals surface area contributed by atoms with Gasteiger partial charge in [0.25, 0.3) is 0 Å². The topological polar surface area (TPSA) is 44.8 Å². The number of carbonyl (C=O) groups is 1. The van der Waals surface area contributed by atoms with Crippen molar-refractivity contribution >= 4 is 5.97 Å². The van der Waals surface area contributed by atoms with Crippen LogP contribution in [0.3, 0.4) is 0 Å².